The molecule has 5 heteroatoms. The van der Waals surface area contributed by atoms with Gasteiger partial charge in [-0.25, -0.2) is 0 Å². The van der Waals surface area contributed by atoms with Crippen molar-refractivity contribution in [2.75, 3.05) is 13.2 Å². The number of unbranched alkanes of at least 4 members (excludes halogenated alkanes) is 2. The summed E-state index contributed by atoms with van der Waals surface area (Å²) >= 11 is 4.47. The van der Waals surface area contributed by atoms with E-state index in [-0.39, 0.29) is 0 Å². The molecule has 0 aliphatic heterocycles. The molecule has 1 aromatic carbocycles. The van der Waals surface area contributed by atoms with E-state index in [0.717, 1.165) is 54.0 Å². The van der Waals surface area contributed by atoms with Gasteiger partial charge in [0.2, 0.25) is 12.3 Å². The first kappa shape index (κ1) is 19.2. The van der Waals surface area contributed by atoms with Gasteiger partial charge in [-0.3, -0.25) is 4.18 Å². The van der Waals surface area contributed by atoms with E-state index in [9.17, 15) is 0 Å². The molecule has 0 aliphatic rings. The lowest BCUT2D eigenvalue weighted by Crippen LogP contribution is -2.00. The Morgan fingerprint density at radius 2 is 2.14 bits per heavy atom. The standard InChI is InChI=1S/C17H23BrO3S/c1-4-5-6-7-10-19-17-11-16(9-8-15(17)12-18)21-22-20-13-14(2)3/h1,8-9,11,14H,5-7,10,12-13H2,2-3H3. The average Bonchev–Trinajstić information content (AvgIpc) is 2.51. The highest BCUT2D eigenvalue weighted by Crippen LogP contribution is 2.29. The molecule has 0 saturated carbocycles. The predicted molar refractivity (Wildman–Crippen MR) is 96.3 cm³/mol. The van der Waals surface area contributed by atoms with Crippen LogP contribution in [0.25, 0.3) is 0 Å². The first-order valence-corrected chi connectivity index (χ1v) is 9.17. The zero-order valence-corrected chi connectivity index (χ0v) is 15.5. The van der Waals surface area contributed by atoms with Gasteiger partial charge >= 0.3 is 0 Å². The Morgan fingerprint density at radius 1 is 1.32 bits per heavy atom. The second-order valence-corrected chi connectivity index (χ2v) is 6.34. The third-order valence-corrected chi connectivity index (χ3v) is 3.83. The number of ether oxygens (including phenoxy) is 1. The number of hydrogen-bond donors (Lipinski definition) is 0. The van der Waals surface area contributed by atoms with Gasteiger partial charge in [-0.15, -0.1) is 12.3 Å². The summed E-state index contributed by atoms with van der Waals surface area (Å²) in [5.74, 6) is 4.67. The van der Waals surface area contributed by atoms with Crippen molar-refractivity contribution >= 4 is 28.3 Å². The van der Waals surface area contributed by atoms with Crippen LogP contribution >= 0.6 is 28.3 Å². The molecule has 0 N–H and O–H groups in total. The molecule has 0 amide bonds. The van der Waals surface area contributed by atoms with E-state index in [1.165, 1.54) is 0 Å². The highest BCUT2D eigenvalue weighted by Gasteiger charge is 2.06. The predicted octanol–water partition coefficient (Wildman–Crippen LogP) is 5.38. The van der Waals surface area contributed by atoms with Gasteiger partial charge in [0.1, 0.15) is 11.5 Å². The quantitative estimate of drug-likeness (QED) is 0.221. The summed E-state index contributed by atoms with van der Waals surface area (Å²) in [7, 11) is 0. The first-order valence-electron chi connectivity index (χ1n) is 7.38. The van der Waals surface area contributed by atoms with Gasteiger partial charge in [0, 0.05) is 23.4 Å². The molecular formula is C17H23BrO3S. The fraction of sp³-hybridized carbons (Fsp3) is 0.529. The number of halogens is 1. The van der Waals surface area contributed by atoms with Crippen LogP contribution in [-0.2, 0) is 9.51 Å². The molecule has 3 nitrogen and oxygen atoms in total. The highest BCUT2D eigenvalue weighted by atomic mass is 79.9. The van der Waals surface area contributed by atoms with Crippen molar-refractivity contribution in [3.05, 3.63) is 23.8 Å². The number of alkyl halides is 1. The van der Waals surface area contributed by atoms with Crippen LogP contribution in [0, 0.1) is 18.3 Å². The summed E-state index contributed by atoms with van der Waals surface area (Å²) < 4.78 is 16.7. The molecule has 0 spiro atoms. The van der Waals surface area contributed by atoms with Crippen LogP contribution in [0.2, 0.25) is 0 Å². The second-order valence-electron chi connectivity index (χ2n) is 5.24. The minimum absolute atomic E-state index is 0.480. The van der Waals surface area contributed by atoms with Crippen molar-refractivity contribution in [3.63, 3.8) is 0 Å². The van der Waals surface area contributed by atoms with Crippen LogP contribution in [0.3, 0.4) is 0 Å². The zero-order valence-electron chi connectivity index (χ0n) is 13.1. The lowest BCUT2D eigenvalue weighted by molar-refractivity contribution is 0.294. The van der Waals surface area contributed by atoms with Gasteiger partial charge in [0.05, 0.1) is 13.2 Å². The van der Waals surface area contributed by atoms with Crippen LogP contribution in [0.5, 0.6) is 11.5 Å². The van der Waals surface area contributed by atoms with E-state index in [1.54, 1.807) is 0 Å². The fourth-order valence-corrected chi connectivity index (χ4v) is 2.59. The van der Waals surface area contributed by atoms with Crippen LogP contribution < -0.4 is 8.92 Å². The van der Waals surface area contributed by atoms with Gasteiger partial charge in [-0.05, 0) is 24.8 Å². The molecule has 0 aliphatic carbocycles. The van der Waals surface area contributed by atoms with E-state index in [2.05, 4.69) is 35.7 Å². The van der Waals surface area contributed by atoms with E-state index in [0.29, 0.717) is 19.1 Å². The summed E-state index contributed by atoms with van der Waals surface area (Å²) in [4.78, 5) is 0. The lowest BCUT2D eigenvalue weighted by Gasteiger charge is -2.12. The van der Waals surface area contributed by atoms with Gasteiger partial charge in [-0.2, -0.15) is 0 Å². The summed E-state index contributed by atoms with van der Waals surface area (Å²) in [6.45, 7) is 5.50. The molecule has 22 heavy (non-hydrogen) atoms. The number of hydrogen-bond acceptors (Lipinski definition) is 4. The summed E-state index contributed by atoms with van der Waals surface area (Å²) in [6, 6.07) is 5.79. The van der Waals surface area contributed by atoms with Gasteiger partial charge in [0.15, 0.2) is 0 Å². The summed E-state index contributed by atoms with van der Waals surface area (Å²) in [5.41, 5.74) is 1.09. The Kier molecular flexibility index (Phi) is 10.2. The van der Waals surface area contributed by atoms with E-state index >= 15 is 0 Å². The lowest BCUT2D eigenvalue weighted by atomic mass is 10.2. The minimum Gasteiger partial charge on any atom is -0.493 e. The molecule has 122 valence electrons. The molecule has 0 unspecified atom stereocenters. The van der Waals surface area contributed by atoms with Gasteiger partial charge in [-0.1, -0.05) is 35.8 Å². The largest absolute Gasteiger partial charge is 0.493 e. The third kappa shape index (κ3) is 7.98. The zero-order chi connectivity index (χ0) is 16.2. The molecule has 0 aromatic heterocycles. The van der Waals surface area contributed by atoms with Crippen molar-refractivity contribution in [2.45, 2.75) is 38.4 Å². The Labute approximate surface area is 146 Å². The normalized spacial score (nSPS) is 10.5. The molecule has 0 bridgehead atoms. The fourth-order valence-electron chi connectivity index (χ4n) is 1.57. The van der Waals surface area contributed by atoms with E-state index in [4.69, 9.17) is 19.5 Å². The van der Waals surface area contributed by atoms with Crippen molar-refractivity contribution in [3.8, 4) is 23.8 Å². The number of terminal acetylenes is 1. The molecule has 0 heterocycles. The van der Waals surface area contributed by atoms with Gasteiger partial charge in [0.25, 0.3) is 0 Å². The third-order valence-electron chi connectivity index (χ3n) is 2.74. The van der Waals surface area contributed by atoms with Gasteiger partial charge < -0.3 is 8.92 Å². The van der Waals surface area contributed by atoms with Crippen LogP contribution in [0.15, 0.2) is 18.2 Å². The van der Waals surface area contributed by atoms with Crippen LogP contribution in [-0.4, -0.2) is 13.2 Å². The van der Waals surface area contributed by atoms with Crippen molar-refractivity contribution < 1.29 is 13.1 Å². The van der Waals surface area contributed by atoms with Crippen molar-refractivity contribution in [1.29, 1.82) is 0 Å². The second kappa shape index (κ2) is 11.7. The summed E-state index contributed by atoms with van der Waals surface area (Å²) in [6.07, 6.45) is 7.96. The SMILES string of the molecule is C#CCCCCOc1cc(OSOCC(C)C)ccc1CBr. The maximum absolute atomic E-state index is 5.83. The Morgan fingerprint density at radius 3 is 2.82 bits per heavy atom. The molecule has 0 atom stereocenters. The molecular weight excluding hydrogens is 364 g/mol. The topological polar surface area (TPSA) is 27.7 Å². The molecule has 0 radical (unpaired) electrons. The minimum atomic E-state index is 0.480. The summed E-state index contributed by atoms with van der Waals surface area (Å²) in [5, 5.41) is 0.740. The monoisotopic (exact) mass is 386 g/mol. The smallest absolute Gasteiger partial charge is 0.225 e. The maximum atomic E-state index is 5.83. The number of benzene rings is 1. The molecule has 0 saturated heterocycles. The Bertz CT molecular complexity index is 471. The Balaban J connectivity index is 2.47. The molecule has 1 rings (SSSR count). The van der Waals surface area contributed by atoms with E-state index in [1.807, 2.05) is 18.2 Å². The molecule has 0 fully saturated rings. The first-order chi connectivity index (χ1) is 10.7. The highest BCUT2D eigenvalue weighted by molar-refractivity contribution is 9.08. The van der Waals surface area contributed by atoms with Crippen molar-refractivity contribution in [1.82, 2.24) is 0 Å². The maximum Gasteiger partial charge on any atom is 0.225 e. The van der Waals surface area contributed by atoms with Crippen molar-refractivity contribution in [2.24, 2.45) is 5.92 Å². The molecule has 1 aromatic rings. The van der Waals surface area contributed by atoms with E-state index < -0.39 is 0 Å². The Hall–Kier alpha value is -0.830. The van der Waals surface area contributed by atoms with Crippen LogP contribution in [0.1, 0.15) is 38.7 Å². The van der Waals surface area contributed by atoms with Crippen LogP contribution in [0.4, 0.5) is 0 Å². The number of rotatable bonds is 11. The average molecular weight is 387 g/mol.